The van der Waals surface area contributed by atoms with Crippen LogP contribution in [-0.4, -0.2) is 11.1 Å². The normalized spacial score (nSPS) is 10.7. The van der Waals surface area contributed by atoms with E-state index in [1.807, 2.05) is 0 Å². The fraction of sp³-hybridized carbons (Fsp3) is 0.833. The van der Waals surface area contributed by atoms with Crippen LogP contribution in [0.1, 0.15) is 96.8 Å². The molecular formula is C18H34MoO2. The average molecular weight is 378 g/mol. The predicted molar refractivity (Wildman–Crippen MR) is 87.1 cm³/mol. The molecule has 0 saturated heterocycles. The minimum atomic E-state index is -0.664. The van der Waals surface area contributed by atoms with Crippen molar-refractivity contribution in [3.63, 3.8) is 0 Å². The molecule has 0 aromatic carbocycles. The topological polar surface area (TPSA) is 37.3 Å². The van der Waals surface area contributed by atoms with E-state index in [1.54, 1.807) is 0 Å². The first-order valence-corrected chi connectivity index (χ1v) is 8.64. The third-order valence-electron chi connectivity index (χ3n) is 3.65. The van der Waals surface area contributed by atoms with Gasteiger partial charge in [0.05, 0.1) is 0 Å². The Morgan fingerprint density at radius 3 is 1.67 bits per heavy atom. The van der Waals surface area contributed by atoms with Crippen molar-refractivity contribution < 1.29 is 31.0 Å². The number of carboxylic acids is 1. The van der Waals surface area contributed by atoms with Crippen LogP contribution in [0.2, 0.25) is 0 Å². The van der Waals surface area contributed by atoms with Gasteiger partial charge in [-0.3, -0.25) is 4.79 Å². The summed E-state index contributed by atoms with van der Waals surface area (Å²) in [5.41, 5.74) is 0. The van der Waals surface area contributed by atoms with Crippen LogP contribution in [0.4, 0.5) is 0 Å². The van der Waals surface area contributed by atoms with Gasteiger partial charge in [-0.05, 0) is 32.1 Å². The Bertz CT molecular complexity index is 239. The zero-order valence-electron chi connectivity index (χ0n) is 13.8. The molecule has 0 amide bonds. The Morgan fingerprint density at radius 2 is 1.19 bits per heavy atom. The molecule has 3 heteroatoms. The van der Waals surface area contributed by atoms with Gasteiger partial charge in [-0.15, -0.1) is 0 Å². The van der Waals surface area contributed by atoms with E-state index in [4.69, 9.17) is 5.11 Å². The third-order valence-corrected chi connectivity index (χ3v) is 3.65. The Kier molecular flexibility index (Phi) is 22.0. The molecule has 0 atom stereocenters. The first kappa shape index (κ1) is 23.2. The monoisotopic (exact) mass is 380 g/mol. The molecule has 0 aliphatic rings. The van der Waals surface area contributed by atoms with E-state index >= 15 is 0 Å². The molecule has 2 nitrogen and oxygen atoms in total. The van der Waals surface area contributed by atoms with Gasteiger partial charge in [0.2, 0.25) is 0 Å². The molecule has 0 rings (SSSR count). The number of hydrogen-bond donors (Lipinski definition) is 1. The number of unbranched alkanes of at least 4 members (excludes halogenated alkanes) is 11. The summed E-state index contributed by atoms with van der Waals surface area (Å²) in [6.07, 6.45) is 21.2. The zero-order chi connectivity index (χ0) is 14.9. The number of rotatable bonds is 15. The van der Waals surface area contributed by atoms with E-state index in [0.29, 0.717) is 6.42 Å². The standard InChI is InChI=1S/C18H34O2.Mo/c1-2-3-4-5-6-7-8-9-10-11-12-13-14-15-16-17-18(19)20;/h9-10H,2-8,11-17H2,1H3,(H,19,20);/b10-9-;. The maximum absolute atomic E-state index is 10.3. The molecular weight excluding hydrogens is 344 g/mol. The fourth-order valence-corrected chi connectivity index (χ4v) is 2.35. The quantitative estimate of drug-likeness (QED) is 0.212. The summed E-state index contributed by atoms with van der Waals surface area (Å²) < 4.78 is 0. The molecule has 21 heavy (non-hydrogen) atoms. The van der Waals surface area contributed by atoms with Gasteiger partial charge in [-0.25, -0.2) is 0 Å². The second kappa shape index (κ2) is 19.9. The predicted octanol–water partition coefficient (Wildman–Crippen LogP) is 6.11. The first-order chi connectivity index (χ1) is 9.77. The number of aliphatic carboxylic acids is 1. The molecule has 0 aliphatic carbocycles. The van der Waals surface area contributed by atoms with E-state index in [0.717, 1.165) is 12.8 Å². The second-order valence-electron chi connectivity index (χ2n) is 5.73. The van der Waals surface area contributed by atoms with Gasteiger partial charge in [0.15, 0.2) is 0 Å². The number of allylic oxidation sites excluding steroid dienone is 2. The van der Waals surface area contributed by atoms with Gasteiger partial charge >= 0.3 is 5.97 Å². The van der Waals surface area contributed by atoms with Crippen LogP contribution in [0.5, 0.6) is 0 Å². The van der Waals surface area contributed by atoms with Gasteiger partial charge in [0.1, 0.15) is 0 Å². The van der Waals surface area contributed by atoms with Crippen LogP contribution in [-0.2, 0) is 25.9 Å². The van der Waals surface area contributed by atoms with Crippen LogP contribution in [0, 0.1) is 0 Å². The molecule has 0 spiro atoms. The minimum Gasteiger partial charge on any atom is -0.481 e. The van der Waals surface area contributed by atoms with Crippen LogP contribution < -0.4 is 0 Å². The SMILES string of the molecule is CCCCCCCC/C=C\CCCCCCCC(=O)O.[Mo]. The Hall–Kier alpha value is -0.102. The van der Waals surface area contributed by atoms with Crippen molar-refractivity contribution >= 4 is 5.97 Å². The molecule has 0 aromatic heterocycles. The van der Waals surface area contributed by atoms with Crippen LogP contribution in [0.3, 0.4) is 0 Å². The maximum Gasteiger partial charge on any atom is 0.303 e. The largest absolute Gasteiger partial charge is 0.481 e. The molecule has 0 unspecified atom stereocenters. The van der Waals surface area contributed by atoms with Crippen molar-refractivity contribution in [2.45, 2.75) is 96.8 Å². The maximum atomic E-state index is 10.3. The summed E-state index contributed by atoms with van der Waals surface area (Å²) in [7, 11) is 0. The number of carboxylic acid groups (broad SMARTS) is 1. The molecule has 0 aromatic rings. The summed E-state index contributed by atoms with van der Waals surface area (Å²) in [6.45, 7) is 2.26. The van der Waals surface area contributed by atoms with Crippen LogP contribution in [0.15, 0.2) is 12.2 Å². The molecule has 0 fully saturated rings. The Morgan fingerprint density at radius 1 is 0.762 bits per heavy atom. The van der Waals surface area contributed by atoms with Crippen molar-refractivity contribution in [3.05, 3.63) is 12.2 Å². The molecule has 1 N–H and O–H groups in total. The van der Waals surface area contributed by atoms with E-state index in [-0.39, 0.29) is 21.1 Å². The second-order valence-corrected chi connectivity index (χ2v) is 5.73. The van der Waals surface area contributed by atoms with E-state index in [2.05, 4.69) is 19.1 Å². The number of hydrogen-bond acceptors (Lipinski definition) is 1. The van der Waals surface area contributed by atoms with E-state index in [9.17, 15) is 4.79 Å². The van der Waals surface area contributed by atoms with E-state index < -0.39 is 5.97 Å². The van der Waals surface area contributed by atoms with Crippen LogP contribution >= 0.6 is 0 Å². The van der Waals surface area contributed by atoms with Crippen molar-refractivity contribution in [3.8, 4) is 0 Å². The number of carbonyl (C=O) groups is 1. The smallest absolute Gasteiger partial charge is 0.303 e. The zero-order valence-corrected chi connectivity index (χ0v) is 15.8. The average Bonchev–Trinajstić information content (AvgIpc) is 2.43. The molecule has 0 radical (unpaired) electrons. The van der Waals surface area contributed by atoms with Crippen LogP contribution in [0.25, 0.3) is 0 Å². The van der Waals surface area contributed by atoms with Crippen molar-refractivity contribution in [2.75, 3.05) is 0 Å². The third kappa shape index (κ3) is 22.3. The van der Waals surface area contributed by atoms with E-state index in [1.165, 1.54) is 70.6 Å². The summed E-state index contributed by atoms with van der Waals surface area (Å²) in [5, 5.41) is 8.51. The molecule has 0 heterocycles. The Balaban J connectivity index is 0. The fourth-order valence-electron chi connectivity index (χ4n) is 2.35. The molecule has 0 saturated carbocycles. The van der Waals surface area contributed by atoms with Gasteiger partial charge in [0.25, 0.3) is 0 Å². The van der Waals surface area contributed by atoms with Crippen molar-refractivity contribution in [2.24, 2.45) is 0 Å². The molecule has 0 bridgehead atoms. The van der Waals surface area contributed by atoms with Gasteiger partial charge < -0.3 is 5.11 Å². The summed E-state index contributed by atoms with van der Waals surface area (Å²) in [5.74, 6) is -0.664. The van der Waals surface area contributed by atoms with Gasteiger partial charge in [-0.2, -0.15) is 0 Å². The van der Waals surface area contributed by atoms with Crippen molar-refractivity contribution in [1.82, 2.24) is 0 Å². The van der Waals surface area contributed by atoms with Gasteiger partial charge in [0, 0.05) is 27.5 Å². The van der Waals surface area contributed by atoms with Crippen molar-refractivity contribution in [1.29, 1.82) is 0 Å². The summed E-state index contributed by atoms with van der Waals surface area (Å²) >= 11 is 0. The summed E-state index contributed by atoms with van der Waals surface area (Å²) in [4.78, 5) is 10.3. The molecule has 124 valence electrons. The Labute approximate surface area is 146 Å². The minimum absolute atomic E-state index is 0. The summed E-state index contributed by atoms with van der Waals surface area (Å²) in [6, 6.07) is 0. The van der Waals surface area contributed by atoms with Gasteiger partial charge in [-0.1, -0.05) is 70.4 Å². The molecule has 0 aliphatic heterocycles. The first-order valence-electron chi connectivity index (χ1n) is 8.64.